The molecule has 0 aliphatic heterocycles. The molecule has 0 aromatic heterocycles. The Morgan fingerprint density at radius 3 is 2.00 bits per heavy atom. The van der Waals surface area contributed by atoms with E-state index in [4.69, 9.17) is 9.47 Å². The number of rotatable bonds is 6. The van der Waals surface area contributed by atoms with Crippen molar-refractivity contribution in [2.45, 2.75) is 6.92 Å². The standard InChI is InChI=1S/C22H22N2O3/c1-15-5-4-6-19(11-15)23-17-7-9-18(10-8-17)24-22(25)16-12-20(26-2)14-21(13-16)27-3/h4-14,23H,1-3H3,(H,24,25). The van der Waals surface area contributed by atoms with E-state index in [9.17, 15) is 4.79 Å². The normalized spacial score (nSPS) is 10.2. The van der Waals surface area contributed by atoms with E-state index in [2.05, 4.69) is 29.7 Å². The zero-order chi connectivity index (χ0) is 19.2. The minimum atomic E-state index is -0.230. The third-order valence-corrected chi connectivity index (χ3v) is 4.06. The Hall–Kier alpha value is -3.47. The predicted octanol–water partition coefficient (Wildman–Crippen LogP) is 5.01. The van der Waals surface area contributed by atoms with Gasteiger partial charge in [0.1, 0.15) is 11.5 Å². The first-order chi connectivity index (χ1) is 13.1. The summed E-state index contributed by atoms with van der Waals surface area (Å²) in [6.07, 6.45) is 0. The molecule has 0 saturated carbocycles. The van der Waals surface area contributed by atoms with Gasteiger partial charge in [-0.2, -0.15) is 0 Å². The van der Waals surface area contributed by atoms with Crippen LogP contribution in [0.3, 0.4) is 0 Å². The second-order valence-corrected chi connectivity index (χ2v) is 6.13. The molecule has 0 unspecified atom stereocenters. The SMILES string of the molecule is COc1cc(OC)cc(C(=O)Nc2ccc(Nc3cccc(C)c3)cc2)c1. The monoisotopic (exact) mass is 362 g/mol. The third-order valence-electron chi connectivity index (χ3n) is 4.06. The fourth-order valence-corrected chi connectivity index (χ4v) is 2.67. The van der Waals surface area contributed by atoms with Crippen LogP contribution in [0.1, 0.15) is 15.9 Å². The number of hydrogen-bond donors (Lipinski definition) is 2. The molecule has 0 heterocycles. The highest BCUT2D eigenvalue weighted by Crippen LogP contribution is 2.24. The summed E-state index contributed by atoms with van der Waals surface area (Å²) in [7, 11) is 3.10. The highest BCUT2D eigenvalue weighted by molar-refractivity contribution is 6.04. The van der Waals surface area contributed by atoms with E-state index in [1.54, 1.807) is 32.4 Å². The third kappa shape index (κ3) is 4.79. The molecule has 0 saturated heterocycles. The van der Waals surface area contributed by atoms with Crippen molar-refractivity contribution >= 4 is 23.0 Å². The maximum absolute atomic E-state index is 12.5. The van der Waals surface area contributed by atoms with Crippen molar-refractivity contribution in [3.05, 3.63) is 77.9 Å². The Labute approximate surface area is 158 Å². The molecule has 0 fully saturated rings. The molecule has 3 aromatic carbocycles. The lowest BCUT2D eigenvalue weighted by Crippen LogP contribution is -2.12. The summed E-state index contributed by atoms with van der Waals surface area (Å²) in [6, 6.07) is 20.8. The first-order valence-corrected chi connectivity index (χ1v) is 8.55. The van der Waals surface area contributed by atoms with Gasteiger partial charge < -0.3 is 20.1 Å². The summed E-state index contributed by atoms with van der Waals surface area (Å²) in [5.74, 6) is 0.904. The predicted molar refractivity (Wildman–Crippen MR) is 108 cm³/mol. The molecule has 0 aliphatic rings. The second kappa shape index (κ2) is 8.27. The Morgan fingerprint density at radius 1 is 0.778 bits per heavy atom. The number of carbonyl (C=O) groups is 1. The molecule has 0 spiro atoms. The number of amides is 1. The van der Waals surface area contributed by atoms with Crippen LogP contribution in [0.25, 0.3) is 0 Å². The summed E-state index contributed by atoms with van der Waals surface area (Å²) < 4.78 is 10.4. The molecular weight excluding hydrogens is 340 g/mol. The molecule has 5 nitrogen and oxygen atoms in total. The van der Waals surface area contributed by atoms with Crippen LogP contribution in [0, 0.1) is 6.92 Å². The van der Waals surface area contributed by atoms with E-state index in [0.717, 1.165) is 11.4 Å². The highest BCUT2D eigenvalue weighted by Gasteiger charge is 2.10. The van der Waals surface area contributed by atoms with Crippen LogP contribution in [0.15, 0.2) is 66.7 Å². The Morgan fingerprint density at radius 2 is 1.41 bits per heavy atom. The van der Waals surface area contributed by atoms with Crippen molar-refractivity contribution in [2.24, 2.45) is 0 Å². The van der Waals surface area contributed by atoms with Crippen molar-refractivity contribution in [1.29, 1.82) is 0 Å². The van der Waals surface area contributed by atoms with Gasteiger partial charge in [-0.1, -0.05) is 12.1 Å². The molecule has 1 amide bonds. The lowest BCUT2D eigenvalue weighted by molar-refractivity contribution is 0.102. The molecule has 3 aromatic rings. The highest BCUT2D eigenvalue weighted by atomic mass is 16.5. The molecule has 5 heteroatoms. The number of nitrogens with one attached hydrogen (secondary N) is 2. The van der Waals surface area contributed by atoms with E-state index in [1.165, 1.54) is 5.56 Å². The fourth-order valence-electron chi connectivity index (χ4n) is 2.67. The number of anilines is 3. The maximum atomic E-state index is 12.5. The number of benzene rings is 3. The van der Waals surface area contributed by atoms with Gasteiger partial charge in [-0.25, -0.2) is 0 Å². The van der Waals surface area contributed by atoms with Crippen molar-refractivity contribution in [1.82, 2.24) is 0 Å². The van der Waals surface area contributed by atoms with Gasteiger partial charge in [-0.05, 0) is 61.0 Å². The smallest absolute Gasteiger partial charge is 0.255 e. The van der Waals surface area contributed by atoms with Crippen LogP contribution in [-0.2, 0) is 0 Å². The van der Waals surface area contributed by atoms with Crippen LogP contribution >= 0.6 is 0 Å². The molecule has 3 rings (SSSR count). The summed E-state index contributed by atoms with van der Waals surface area (Å²) in [6.45, 7) is 2.05. The summed E-state index contributed by atoms with van der Waals surface area (Å²) >= 11 is 0. The van der Waals surface area contributed by atoms with Gasteiger partial charge in [0, 0.05) is 28.7 Å². The number of carbonyl (C=O) groups excluding carboxylic acids is 1. The Balaban J connectivity index is 1.70. The van der Waals surface area contributed by atoms with Crippen LogP contribution < -0.4 is 20.1 Å². The number of aryl methyl sites for hydroxylation is 1. The first kappa shape index (κ1) is 18.3. The van der Waals surface area contributed by atoms with Gasteiger partial charge in [0.2, 0.25) is 0 Å². The van der Waals surface area contributed by atoms with Crippen molar-refractivity contribution < 1.29 is 14.3 Å². The average Bonchev–Trinajstić information content (AvgIpc) is 2.69. The van der Waals surface area contributed by atoms with Crippen LogP contribution in [0.4, 0.5) is 17.1 Å². The van der Waals surface area contributed by atoms with E-state index in [0.29, 0.717) is 22.7 Å². The first-order valence-electron chi connectivity index (χ1n) is 8.55. The molecule has 0 aliphatic carbocycles. The molecule has 0 atom stereocenters. The molecule has 0 radical (unpaired) electrons. The van der Waals surface area contributed by atoms with Crippen LogP contribution in [-0.4, -0.2) is 20.1 Å². The number of ether oxygens (including phenoxy) is 2. The van der Waals surface area contributed by atoms with Gasteiger partial charge in [0.25, 0.3) is 5.91 Å². The van der Waals surface area contributed by atoms with Crippen LogP contribution in [0.2, 0.25) is 0 Å². The van der Waals surface area contributed by atoms with Crippen LogP contribution in [0.5, 0.6) is 11.5 Å². The van der Waals surface area contributed by atoms with E-state index < -0.39 is 0 Å². The van der Waals surface area contributed by atoms with Gasteiger partial charge in [0.15, 0.2) is 0 Å². The lowest BCUT2D eigenvalue weighted by Gasteiger charge is -2.11. The summed E-state index contributed by atoms with van der Waals surface area (Å²) in [5, 5.41) is 6.22. The Kier molecular flexibility index (Phi) is 5.61. The minimum absolute atomic E-state index is 0.230. The molecule has 138 valence electrons. The summed E-state index contributed by atoms with van der Waals surface area (Å²) in [5.41, 5.74) is 4.33. The summed E-state index contributed by atoms with van der Waals surface area (Å²) in [4.78, 5) is 12.5. The second-order valence-electron chi connectivity index (χ2n) is 6.13. The van der Waals surface area contributed by atoms with Gasteiger partial charge in [-0.15, -0.1) is 0 Å². The minimum Gasteiger partial charge on any atom is -0.497 e. The van der Waals surface area contributed by atoms with E-state index in [-0.39, 0.29) is 5.91 Å². The van der Waals surface area contributed by atoms with E-state index in [1.807, 2.05) is 36.4 Å². The zero-order valence-corrected chi connectivity index (χ0v) is 15.6. The molecule has 27 heavy (non-hydrogen) atoms. The topological polar surface area (TPSA) is 59.6 Å². The molecular formula is C22H22N2O3. The van der Waals surface area contributed by atoms with Gasteiger partial charge >= 0.3 is 0 Å². The molecule has 0 bridgehead atoms. The van der Waals surface area contributed by atoms with Gasteiger partial charge in [0.05, 0.1) is 14.2 Å². The van der Waals surface area contributed by atoms with E-state index >= 15 is 0 Å². The lowest BCUT2D eigenvalue weighted by atomic mass is 10.1. The zero-order valence-electron chi connectivity index (χ0n) is 15.6. The largest absolute Gasteiger partial charge is 0.497 e. The average molecular weight is 362 g/mol. The quantitative estimate of drug-likeness (QED) is 0.647. The maximum Gasteiger partial charge on any atom is 0.255 e. The van der Waals surface area contributed by atoms with Crippen molar-refractivity contribution in [3.63, 3.8) is 0 Å². The van der Waals surface area contributed by atoms with Crippen molar-refractivity contribution in [2.75, 3.05) is 24.9 Å². The fraction of sp³-hybridized carbons (Fsp3) is 0.136. The number of hydrogen-bond acceptors (Lipinski definition) is 4. The number of methoxy groups -OCH3 is 2. The van der Waals surface area contributed by atoms with Crippen molar-refractivity contribution in [3.8, 4) is 11.5 Å². The Bertz CT molecular complexity index is 914. The molecule has 2 N–H and O–H groups in total. The van der Waals surface area contributed by atoms with Gasteiger partial charge in [-0.3, -0.25) is 4.79 Å².